The second-order valence-electron chi connectivity index (χ2n) is 6.53. The van der Waals surface area contributed by atoms with Gasteiger partial charge >= 0.3 is 0 Å². The fourth-order valence-electron chi connectivity index (χ4n) is 2.84. The van der Waals surface area contributed by atoms with Crippen molar-refractivity contribution in [2.75, 3.05) is 18.4 Å². The van der Waals surface area contributed by atoms with Gasteiger partial charge in [0.1, 0.15) is 30.6 Å². The van der Waals surface area contributed by atoms with Crippen molar-refractivity contribution >= 4 is 11.7 Å². The largest absolute Gasteiger partial charge is 0.368 e. The molecule has 11 nitrogen and oxygen atoms in total. The van der Waals surface area contributed by atoms with E-state index >= 15 is 0 Å². The van der Waals surface area contributed by atoms with Crippen LogP contribution in [0.15, 0.2) is 49.3 Å². The molecule has 1 aromatic carbocycles. The number of hydrogen-bond acceptors (Lipinski definition) is 8. The van der Waals surface area contributed by atoms with Crippen LogP contribution in [0, 0.1) is 13.8 Å². The van der Waals surface area contributed by atoms with E-state index in [0.717, 1.165) is 17.2 Å². The summed E-state index contributed by atoms with van der Waals surface area (Å²) < 4.78 is 3.40. The van der Waals surface area contributed by atoms with Crippen LogP contribution in [0.2, 0.25) is 0 Å². The van der Waals surface area contributed by atoms with E-state index in [1.807, 2.05) is 30.5 Å². The Balaban J connectivity index is 1.32. The maximum absolute atomic E-state index is 12.4. The number of carbonyl (C=O) groups excluding carboxylic acids is 1. The summed E-state index contributed by atoms with van der Waals surface area (Å²) in [6, 6.07) is 8.91. The number of rotatable bonds is 7. The highest BCUT2D eigenvalue weighted by molar-refractivity contribution is 5.94. The molecule has 0 saturated carbocycles. The molecule has 3 aromatic heterocycles. The lowest BCUT2D eigenvalue weighted by Gasteiger charge is -2.10. The Morgan fingerprint density at radius 2 is 1.97 bits per heavy atom. The zero-order chi connectivity index (χ0) is 20.9. The van der Waals surface area contributed by atoms with E-state index in [1.165, 1.54) is 17.3 Å². The van der Waals surface area contributed by atoms with Gasteiger partial charge in [0.25, 0.3) is 5.91 Å². The van der Waals surface area contributed by atoms with E-state index in [-0.39, 0.29) is 5.91 Å². The maximum atomic E-state index is 12.4. The number of tetrazole rings is 1. The van der Waals surface area contributed by atoms with E-state index in [0.29, 0.717) is 30.2 Å². The number of amides is 1. The van der Waals surface area contributed by atoms with Crippen LogP contribution in [-0.4, -0.2) is 58.7 Å². The Labute approximate surface area is 172 Å². The first kappa shape index (κ1) is 19.2. The normalized spacial score (nSPS) is 10.7. The highest BCUT2D eigenvalue weighted by Gasteiger charge is 2.09. The molecule has 0 fully saturated rings. The Morgan fingerprint density at radius 1 is 1.07 bits per heavy atom. The molecule has 0 aliphatic heterocycles. The van der Waals surface area contributed by atoms with Crippen molar-refractivity contribution < 1.29 is 4.79 Å². The molecule has 4 aromatic rings. The van der Waals surface area contributed by atoms with Gasteiger partial charge < -0.3 is 10.6 Å². The first-order valence-corrected chi connectivity index (χ1v) is 9.30. The van der Waals surface area contributed by atoms with Crippen LogP contribution in [-0.2, 0) is 0 Å². The van der Waals surface area contributed by atoms with E-state index in [4.69, 9.17) is 0 Å². The first-order chi connectivity index (χ1) is 14.6. The molecule has 3 heterocycles. The molecule has 0 atom stereocenters. The average molecular weight is 404 g/mol. The molecule has 0 saturated heterocycles. The summed E-state index contributed by atoms with van der Waals surface area (Å²) in [5.41, 5.74) is 3.22. The van der Waals surface area contributed by atoms with Crippen LogP contribution in [0.5, 0.6) is 0 Å². The van der Waals surface area contributed by atoms with Crippen molar-refractivity contribution in [2.24, 2.45) is 0 Å². The molecule has 2 N–H and O–H groups in total. The van der Waals surface area contributed by atoms with Gasteiger partial charge in [0, 0.05) is 30.4 Å². The number of nitrogens with one attached hydrogen (secondary N) is 2. The third-order valence-electron chi connectivity index (χ3n) is 4.59. The van der Waals surface area contributed by atoms with Gasteiger partial charge in [-0.2, -0.15) is 0 Å². The number of carbonyl (C=O) groups is 1. The molecule has 0 spiro atoms. The minimum absolute atomic E-state index is 0.181. The molecule has 152 valence electrons. The number of benzene rings is 1. The highest BCUT2D eigenvalue weighted by Crippen LogP contribution is 2.13. The summed E-state index contributed by atoms with van der Waals surface area (Å²) in [7, 11) is 0. The Bertz CT molecular complexity index is 1150. The molecule has 0 unspecified atom stereocenters. The predicted octanol–water partition coefficient (Wildman–Crippen LogP) is 1.10. The number of imidazole rings is 1. The Morgan fingerprint density at radius 3 is 2.73 bits per heavy atom. The fourth-order valence-corrected chi connectivity index (χ4v) is 2.84. The third kappa shape index (κ3) is 4.14. The quantitative estimate of drug-likeness (QED) is 0.438. The van der Waals surface area contributed by atoms with Gasteiger partial charge in [0.05, 0.1) is 11.4 Å². The highest BCUT2D eigenvalue weighted by atomic mass is 16.1. The molecule has 0 bridgehead atoms. The van der Waals surface area contributed by atoms with Crippen LogP contribution in [0.3, 0.4) is 0 Å². The van der Waals surface area contributed by atoms with E-state index in [2.05, 4.69) is 41.1 Å². The van der Waals surface area contributed by atoms with Gasteiger partial charge in [0.15, 0.2) is 0 Å². The Hall–Kier alpha value is -4.15. The summed E-state index contributed by atoms with van der Waals surface area (Å²) in [6.45, 7) is 4.88. The van der Waals surface area contributed by atoms with Gasteiger partial charge in [-0.15, -0.1) is 5.10 Å². The van der Waals surface area contributed by atoms with Gasteiger partial charge in [-0.25, -0.2) is 19.6 Å². The van der Waals surface area contributed by atoms with Crippen LogP contribution in [0.25, 0.3) is 11.5 Å². The van der Waals surface area contributed by atoms with Gasteiger partial charge in [-0.3, -0.25) is 9.36 Å². The van der Waals surface area contributed by atoms with Crippen molar-refractivity contribution in [3.05, 3.63) is 66.3 Å². The molecular formula is C19H20N10O. The number of aromatic nitrogens is 8. The van der Waals surface area contributed by atoms with Crippen LogP contribution < -0.4 is 10.6 Å². The van der Waals surface area contributed by atoms with E-state index < -0.39 is 0 Å². The van der Waals surface area contributed by atoms with Gasteiger partial charge in [0.2, 0.25) is 0 Å². The number of aryl methyl sites for hydroxylation is 1. The SMILES string of the molecule is Cc1ncn(-c2cc(NCCNC(=O)c3cccc(-n4cnnn4)c3)ncn2)c1C. The first-order valence-electron chi connectivity index (χ1n) is 9.30. The molecule has 30 heavy (non-hydrogen) atoms. The van der Waals surface area contributed by atoms with Gasteiger partial charge in [-0.1, -0.05) is 6.07 Å². The lowest BCUT2D eigenvalue weighted by molar-refractivity contribution is 0.0955. The van der Waals surface area contributed by atoms with Crippen molar-refractivity contribution in [1.29, 1.82) is 0 Å². The fraction of sp³-hybridized carbons (Fsp3) is 0.211. The standard InChI is InChI=1S/C19H20N10O/c1-13-14(2)28(11-24-13)18-9-17(22-10-23-18)20-6-7-21-19(30)15-4-3-5-16(8-15)29-12-25-26-27-29/h3-5,8-12H,6-7H2,1-2H3,(H,21,30)(H,20,22,23). The lowest BCUT2D eigenvalue weighted by Crippen LogP contribution is -2.29. The second-order valence-corrected chi connectivity index (χ2v) is 6.53. The summed E-state index contributed by atoms with van der Waals surface area (Å²) in [6.07, 6.45) is 4.71. The third-order valence-corrected chi connectivity index (χ3v) is 4.59. The molecule has 0 aliphatic rings. The smallest absolute Gasteiger partial charge is 0.251 e. The summed E-state index contributed by atoms with van der Waals surface area (Å²) in [5, 5.41) is 17.1. The Kier molecular flexibility index (Phi) is 5.42. The number of anilines is 1. The van der Waals surface area contributed by atoms with Crippen molar-refractivity contribution in [2.45, 2.75) is 13.8 Å². The summed E-state index contributed by atoms with van der Waals surface area (Å²) >= 11 is 0. The number of hydrogen-bond donors (Lipinski definition) is 2. The lowest BCUT2D eigenvalue weighted by atomic mass is 10.2. The van der Waals surface area contributed by atoms with Crippen molar-refractivity contribution in [3.63, 3.8) is 0 Å². The summed E-state index contributed by atoms with van der Waals surface area (Å²) in [4.78, 5) is 25.2. The second kappa shape index (κ2) is 8.47. The van der Waals surface area contributed by atoms with Gasteiger partial charge in [-0.05, 0) is 42.5 Å². The van der Waals surface area contributed by atoms with Crippen LogP contribution >= 0.6 is 0 Å². The van der Waals surface area contributed by atoms with Crippen molar-refractivity contribution in [3.8, 4) is 11.5 Å². The molecule has 0 aliphatic carbocycles. The molecule has 4 rings (SSSR count). The predicted molar refractivity (Wildman–Crippen MR) is 109 cm³/mol. The summed E-state index contributed by atoms with van der Waals surface area (Å²) in [5.74, 6) is 1.22. The van der Waals surface area contributed by atoms with Crippen LogP contribution in [0.4, 0.5) is 5.82 Å². The van der Waals surface area contributed by atoms with Crippen LogP contribution in [0.1, 0.15) is 21.7 Å². The molecular weight excluding hydrogens is 384 g/mol. The maximum Gasteiger partial charge on any atom is 0.251 e. The average Bonchev–Trinajstić information content (AvgIpc) is 3.42. The minimum Gasteiger partial charge on any atom is -0.368 e. The topological polar surface area (TPSA) is 128 Å². The van der Waals surface area contributed by atoms with Crippen molar-refractivity contribution in [1.82, 2.24) is 45.0 Å². The van der Waals surface area contributed by atoms with E-state index in [1.54, 1.807) is 24.5 Å². The zero-order valence-corrected chi connectivity index (χ0v) is 16.5. The zero-order valence-electron chi connectivity index (χ0n) is 16.5. The number of nitrogens with zero attached hydrogens (tertiary/aromatic N) is 8. The minimum atomic E-state index is -0.181. The monoisotopic (exact) mass is 404 g/mol. The van der Waals surface area contributed by atoms with E-state index in [9.17, 15) is 4.79 Å². The molecule has 1 amide bonds. The molecule has 11 heteroatoms. The molecule has 0 radical (unpaired) electrons.